The molecule has 0 spiro atoms. The average Bonchev–Trinajstić information content (AvgIpc) is 3.06. The van der Waals surface area contributed by atoms with E-state index in [0.29, 0.717) is 27.3 Å². The summed E-state index contributed by atoms with van der Waals surface area (Å²) >= 11 is 10.2. The molecule has 31 heavy (non-hydrogen) atoms. The Labute approximate surface area is 199 Å². The van der Waals surface area contributed by atoms with Gasteiger partial charge in [-0.3, -0.25) is 9.69 Å². The first kappa shape index (κ1) is 21.6. The lowest BCUT2D eigenvalue weighted by molar-refractivity contribution is -0.113. The first-order valence-electron chi connectivity index (χ1n) is 9.43. The second-order valence-electron chi connectivity index (χ2n) is 6.68. The Morgan fingerprint density at radius 3 is 2.58 bits per heavy atom. The van der Waals surface area contributed by atoms with Gasteiger partial charge in [0.15, 0.2) is 15.8 Å². The number of anilines is 1. The van der Waals surface area contributed by atoms with Crippen molar-refractivity contribution in [3.05, 3.63) is 93.3 Å². The number of halogens is 1. The van der Waals surface area contributed by atoms with Crippen LogP contribution in [0, 0.1) is 0 Å². The molecule has 1 heterocycles. The zero-order valence-electron chi connectivity index (χ0n) is 16.6. The molecule has 0 bridgehead atoms. The fraction of sp³-hybridized carbons (Fsp3) is 0.0833. The van der Waals surface area contributed by atoms with Gasteiger partial charge in [0.25, 0.3) is 5.91 Å². The van der Waals surface area contributed by atoms with Crippen molar-refractivity contribution in [2.24, 2.45) is 0 Å². The molecule has 0 saturated carbocycles. The lowest BCUT2D eigenvalue weighted by Crippen LogP contribution is -2.27. The van der Waals surface area contributed by atoms with Crippen LogP contribution in [0.2, 0.25) is 0 Å². The average molecular weight is 512 g/mol. The van der Waals surface area contributed by atoms with E-state index in [-0.39, 0.29) is 5.91 Å². The van der Waals surface area contributed by atoms with E-state index in [1.807, 2.05) is 78.9 Å². The van der Waals surface area contributed by atoms with Gasteiger partial charge in [-0.1, -0.05) is 82.4 Å². The highest BCUT2D eigenvalue weighted by Gasteiger charge is 2.33. The van der Waals surface area contributed by atoms with Crippen molar-refractivity contribution in [2.45, 2.75) is 6.61 Å². The van der Waals surface area contributed by atoms with Crippen molar-refractivity contribution >= 4 is 61.9 Å². The van der Waals surface area contributed by atoms with Crippen LogP contribution in [0.5, 0.6) is 11.5 Å². The third-order valence-corrected chi connectivity index (χ3v) is 6.38. The maximum absolute atomic E-state index is 13.0. The molecule has 0 aliphatic carbocycles. The molecule has 1 aliphatic rings. The molecule has 1 fully saturated rings. The van der Waals surface area contributed by atoms with Crippen molar-refractivity contribution in [3.8, 4) is 11.5 Å². The Kier molecular flexibility index (Phi) is 6.75. The zero-order valence-corrected chi connectivity index (χ0v) is 19.8. The number of thiocarbonyl (C=S) groups is 1. The summed E-state index contributed by atoms with van der Waals surface area (Å²) in [6.07, 6.45) is 1.82. The van der Waals surface area contributed by atoms with Gasteiger partial charge in [-0.05, 0) is 47.5 Å². The summed E-state index contributed by atoms with van der Waals surface area (Å²) in [6.45, 7) is 0.446. The van der Waals surface area contributed by atoms with Crippen LogP contribution in [0.4, 0.5) is 5.69 Å². The maximum Gasteiger partial charge on any atom is 0.270 e. The van der Waals surface area contributed by atoms with E-state index in [9.17, 15) is 4.79 Å². The number of methoxy groups -OCH3 is 1. The first-order valence-corrected chi connectivity index (χ1v) is 11.5. The molecule has 3 aromatic rings. The van der Waals surface area contributed by atoms with Gasteiger partial charge in [0, 0.05) is 4.47 Å². The zero-order chi connectivity index (χ0) is 21.8. The normalized spacial score (nSPS) is 14.9. The van der Waals surface area contributed by atoms with Gasteiger partial charge in [-0.15, -0.1) is 0 Å². The second kappa shape index (κ2) is 9.68. The molecule has 0 N–H and O–H groups in total. The highest BCUT2D eigenvalue weighted by molar-refractivity contribution is 9.10. The Hall–Kier alpha value is -2.61. The summed E-state index contributed by atoms with van der Waals surface area (Å²) in [6, 6.07) is 23.1. The largest absolute Gasteiger partial charge is 0.493 e. The van der Waals surface area contributed by atoms with Crippen molar-refractivity contribution in [1.29, 1.82) is 0 Å². The number of benzene rings is 3. The summed E-state index contributed by atoms with van der Waals surface area (Å²) in [5.41, 5.74) is 2.64. The fourth-order valence-electron chi connectivity index (χ4n) is 3.09. The predicted molar refractivity (Wildman–Crippen MR) is 134 cm³/mol. The van der Waals surface area contributed by atoms with E-state index < -0.39 is 0 Å². The van der Waals surface area contributed by atoms with Gasteiger partial charge in [0.05, 0.1) is 17.7 Å². The van der Waals surface area contributed by atoms with Gasteiger partial charge in [-0.2, -0.15) is 0 Å². The van der Waals surface area contributed by atoms with Crippen molar-refractivity contribution < 1.29 is 14.3 Å². The van der Waals surface area contributed by atoms with Crippen molar-refractivity contribution in [3.63, 3.8) is 0 Å². The predicted octanol–water partition coefficient (Wildman–Crippen LogP) is 6.44. The molecule has 0 unspecified atom stereocenters. The Morgan fingerprint density at radius 2 is 1.84 bits per heavy atom. The minimum atomic E-state index is -0.142. The van der Waals surface area contributed by atoms with E-state index in [1.54, 1.807) is 12.0 Å². The van der Waals surface area contributed by atoms with Crippen LogP contribution in [-0.2, 0) is 11.4 Å². The molecule has 7 heteroatoms. The second-order valence-corrected chi connectivity index (χ2v) is 9.27. The van der Waals surface area contributed by atoms with Crippen LogP contribution in [0.3, 0.4) is 0 Å². The quantitative estimate of drug-likeness (QED) is 0.281. The summed E-state index contributed by atoms with van der Waals surface area (Å²) < 4.78 is 12.8. The molecule has 4 rings (SSSR count). The molecule has 4 nitrogen and oxygen atoms in total. The molecule has 0 atom stereocenters. The Morgan fingerprint density at radius 1 is 1.03 bits per heavy atom. The number of hydrogen-bond acceptors (Lipinski definition) is 5. The Bertz CT molecular complexity index is 1160. The highest BCUT2D eigenvalue weighted by Crippen LogP contribution is 2.38. The SMILES string of the molecule is COc1cc(/C=C2/SC(=S)N(c3cccc(Br)c3)C2=O)ccc1OCc1ccccc1. The van der Waals surface area contributed by atoms with Gasteiger partial charge >= 0.3 is 0 Å². The van der Waals surface area contributed by atoms with Crippen LogP contribution in [0.25, 0.3) is 6.08 Å². The van der Waals surface area contributed by atoms with Crippen molar-refractivity contribution in [1.82, 2.24) is 0 Å². The molecule has 0 aromatic heterocycles. The van der Waals surface area contributed by atoms with Crippen LogP contribution < -0.4 is 14.4 Å². The number of thioether (sulfide) groups is 1. The van der Waals surface area contributed by atoms with Gasteiger partial charge in [0.1, 0.15) is 6.61 Å². The number of carbonyl (C=O) groups excluding carboxylic acids is 1. The number of nitrogens with zero attached hydrogens (tertiary/aromatic N) is 1. The first-order chi connectivity index (χ1) is 15.0. The highest BCUT2D eigenvalue weighted by atomic mass is 79.9. The van der Waals surface area contributed by atoms with E-state index in [4.69, 9.17) is 21.7 Å². The minimum absolute atomic E-state index is 0.142. The summed E-state index contributed by atoms with van der Waals surface area (Å²) in [5.74, 6) is 1.11. The van der Waals surface area contributed by atoms with E-state index in [1.165, 1.54) is 11.8 Å². The lowest BCUT2D eigenvalue weighted by Gasteiger charge is -2.14. The molecular weight excluding hydrogens is 494 g/mol. The molecule has 1 aliphatic heterocycles. The molecule has 156 valence electrons. The van der Waals surface area contributed by atoms with E-state index in [0.717, 1.165) is 21.3 Å². The number of ether oxygens (including phenoxy) is 2. The summed E-state index contributed by atoms with van der Waals surface area (Å²) in [5, 5.41) is 0. The Balaban J connectivity index is 1.54. The number of amides is 1. The van der Waals surface area contributed by atoms with Crippen LogP contribution in [0.15, 0.2) is 82.2 Å². The van der Waals surface area contributed by atoms with Crippen LogP contribution in [0.1, 0.15) is 11.1 Å². The molecule has 1 saturated heterocycles. The number of carbonyl (C=O) groups is 1. The van der Waals surface area contributed by atoms with E-state index >= 15 is 0 Å². The fourth-order valence-corrected chi connectivity index (χ4v) is 4.77. The van der Waals surface area contributed by atoms with Gasteiger partial charge in [-0.25, -0.2) is 0 Å². The third kappa shape index (κ3) is 5.01. The lowest BCUT2D eigenvalue weighted by atomic mass is 10.1. The monoisotopic (exact) mass is 511 g/mol. The summed E-state index contributed by atoms with van der Waals surface area (Å²) in [7, 11) is 1.60. The summed E-state index contributed by atoms with van der Waals surface area (Å²) in [4.78, 5) is 15.1. The minimum Gasteiger partial charge on any atom is -0.493 e. The van der Waals surface area contributed by atoms with Gasteiger partial charge in [0.2, 0.25) is 0 Å². The smallest absolute Gasteiger partial charge is 0.270 e. The van der Waals surface area contributed by atoms with Crippen LogP contribution >= 0.6 is 39.9 Å². The van der Waals surface area contributed by atoms with Crippen molar-refractivity contribution in [2.75, 3.05) is 12.0 Å². The topological polar surface area (TPSA) is 38.8 Å². The maximum atomic E-state index is 13.0. The molecular formula is C24H18BrNO3S2. The number of rotatable bonds is 6. The number of hydrogen-bond donors (Lipinski definition) is 0. The molecule has 0 radical (unpaired) electrons. The molecule has 3 aromatic carbocycles. The van der Waals surface area contributed by atoms with Gasteiger partial charge < -0.3 is 9.47 Å². The molecule has 1 amide bonds. The van der Waals surface area contributed by atoms with E-state index in [2.05, 4.69) is 15.9 Å². The van der Waals surface area contributed by atoms with Crippen LogP contribution in [-0.4, -0.2) is 17.3 Å². The standard InChI is InChI=1S/C24H18BrNO3S2/c1-28-21-12-17(10-11-20(21)29-15-16-6-3-2-4-7-16)13-22-23(27)26(24(30)31-22)19-9-5-8-18(25)14-19/h2-14H,15H2,1H3/b22-13+. The third-order valence-electron chi connectivity index (χ3n) is 4.58.